The van der Waals surface area contributed by atoms with Crippen LogP contribution in [0.3, 0.4) is 0 Å². The number of alkyl carbamates (subject to hydrolysis) is 1. The van der Waals surface area contributed by atoms with E-state index in [-0.39, 0.29) is 83.9 Å². The lowest BCUT2D eigenvalue weighted by Crippen LogP contribution is -2.58. The van der Waals surface area contributed by atoms with Gasteiger partial charge < -0.3 is 63.3 Å². The first-order chi connectivity index (χ1) is 41.8. The largest absolute Gasteiger partial charge is 0.493 e. The van der Waals surface area contributed by atoms with Crippen molar-refractivity contribution < 1.29 is 71.1 Å². The van der Waals surface area contributed by atoms with E-state index in [9.17, 15) is 24.0 Å². The van der Waals surface area contributed by atoms with Crippen molar-refractivity contribution in [2.24, 2.45) is 16.7 Å². The number of carbonyl (C=O) groups excluding carboxylic acids is 7. The second kappa shape index (κ2) is 26.5. The minimum absolute atomic E-state index is 0.0241. The molecule has 0 aromatic heterocycles. The average Bonchev–Trinajstić information content (AvgIpc) is 1.72. The van der Waals surface area contributed by atoms with Gasteiger partial charge in [-0.1, -0.05) is 72.1 Å². The highest BCUT2D eigenvalue weighted by atomic mass is 28.4. The van der Waals surface area contributed by atoms with Crippen molar-refractivity contribution >= 4 is 67.3 Å². The molecule has 7 amide bonds. The van der Waals surface area contributed by atoms with Crippen LogP contribution in [0.4, 0.5) is 31.4 Å². The molecule has 4 aliphatic heterocycles. The number of nitrogens with zero attached hydrogens (tertiary/aromatic N) is 4. The topological polar surface area (TPSA) is 242 Å². The van der Waals surface area contributed by atoms with Gasteiger partial charge in [0.05, 0.1) is 62.0 Å². The van der Waals surface area contributed by atoms with Gasteiger partial charge in [0.2, 0.25) is 11.8 Å². The van der Waals surface area contributed by atoms with Gasteiger partial charge in [0.1, 0.15) is 31.9 Å². The van der Waals surface area contributed by atoms with Gasteiger partial charge in [0.15, 0.2) is 37.5 Å². The van der Waals surface area contributed by atoms with Crippen LogP contribution in [0.15, 0.2) is 73.8 Å². The molecule has 88 heavy (non-hydrogen) atoms. The molecular weight excluding hydrogens is 1150 g/mol. The van der Waals surface area contributed by atoms with Crippen molar-refractivity contribution in [3.8, 4) is 23.0 Å². The van der Waals surface area contributed by atoms with E-state index in [2.05, 4.69) is 63.0 Å². The summed E-state index contributed by atoms with van der Waals surface area (Å²) in [4.78, 5) is 103. The molecule has 4 fully saturated rings. The molecule has 0 bridgehead atoms. The summed E-state index contributed by atoms with van der Waals surface area (Å²) in [5, 5.41) is 7.72. The Morgan fingerprint density at radius 1 is 0.705 bits per heavy atom. The van der Waals surface area contributed by atoms with Crippen molar-refractivity contribution in [1.29, 1.82) is 0 Å². The third kappa shape index (κ3) is 14.2. The summed E-state index contributed by atoms with van der Waals surface area (Å²) in [7, 11) is 0.338. The molecule has 5 atom stereocenters. The summed E-state index contributed by atoms with van der Waals surface area (Å²) in [6, 6.07) is 10.8. The van der Waals surface area contributed by atoms with Crippen molar-refractivity contribution in [1.82, 2.24) is 20.4 Å². The van der Waals surface area contributed by atoms with Crippen LogP contribution in [0.1, 0.15) is 126 Å². The molecule has 6 aliphatic rings. The smallest absolute Gasteiger partial charge is 0.416 e. The molecule has 4 heterocycles. The maximum Gasteiger partial charge on any atom is 0.416 e. The lowest BCUT2D eigenvalue weighted by molar-refractivity contribution is -0.128. The summed E-state index contributed by atoms with van der Waals surface area (Å²) < 4.78 is 48.5. The fourth-order valence-corrected chi connectivity index (χ4v) is 13.1. The van der Waals surface area contributed by atoms with E-state index < -0.39 is 62.8 Å². The van der Waals surface area contributed by atoms with Crippen LogP contribution < -0.4 is 44.7 Å². The maximum atomic E-state index is 15.1. The summed E-state index contributed by atoms with van der Waals surface area (Å²) in [5.74, 6) is -0.379. The van der Waals surface area contributed by atoms with Crippen LogP contribution in [0.2, 0.25) is 18.1 Å². The molecule has 3 aromatic carbocycles. The van der Waals surface area contributed by atoms with E-state index in [0.717, 1.165) is 32.1 Å². The monoisotopic (exact) mass is 1230 g/mol. The molecule has 2 saturated carbocycles. The van der Waals surface area contributed by atoms with E-state index >= 15 is 9.59 Å². The summed E-state index contributed by atoms with van der Waals surface area (Å²) in [6.07, 6.45) is 7.33. The predicted octanol–water partition coefficient (Wildman–Crippen LogP) is 10.3. The first-order valence-corrected chi connectivity index (χ1v) is 33.5. The molecule has 2 saturated heterocycles. The van der Waals surface area contributed by atoms with Crippen molar-refractivity contribution in [2.45, 2.75) is 154 Å². The number of methoxy groups -OCH3 is 2. The zero-order chi connectivity index (χ0) is 63.5. The van der Waals surface area contributed by atoms with E-state index in [1.807, 2.05) is 9.80 Å². The van der Waals surface area contributed by atoms with Crippen molar-refractivity contribution in [3.63, 3.8) is 0 Å². The predicted molar refractivity (Wildman–Crippen MR) is 333 cm³/mol. The molecule has 22 nitrogen and oxygen atoms in total. The number of rotatable bonds is 24. The Bertz CT molecular complexity index is 3160. The Kier molecular flexibility index (Phi) is 19.5. The van der Waals surface area contributed by atoms with Crippen LogP contribution in [0.25, 0.3) is 0 Å². The van der Waals surface area contributed by atoms with E-state index in [1.165, 1.54) is 43.1 Å². The molecule has 3 aromatic rings. The molecule has 476 valence electrons. The lowest BCUT2D eigenvalue weighted by atomic mass is 10.0. The van der Waals surface area contributed by atoms with Crippen LogP contribution in [-0.2, 0) is 34.8 Å². The number of carbonyl (C=O) groups is 7. The fourth-order valence-electron chi connectivity index (χ4n) is 11.8. The van der Waals surface area contributed by atoms with Crippen LogP contribution in [-0.4, -0.2) is 151 Å². The Labute approximate surface area is 517 Å². The first kappa shape index (κ1) is 64.7. The van der Waals surface area contributed by atoms with Crippen LogP contribution in [0, 0.1) is 16.7 Å². The summed E-state index contributed by atoms with van der Waals surface area (Å²) in [6.45, 7) is 24.7. The van der Waals surface area contributed by atoms with Crippen LogP contribution in [0.5, 0.6) is 23.0 Å². The molecule has 23 heteroatoms. The van der Waals surface area contributed by atoms with Crippen molar-refractivity contribution in [2.75, 3.05) is 75.4 Å². The van der Waals surface area contributed by atoms with Gasteiger partial charge in [0, 0.05) is 37.5 Å². The Morgan fingerprint density at radius 2 is 1.27 bits per heavy atom. The highest BCUT2D eigenvalue weighted by molar-refractivity contribution is 6.74. The second-order valence-electron chi connectivity index (χ2n) is 26.1. The second-order valence-corrected chi connectivity index (χ2v) is 30.9. The van der Waals surface area contributed by atoms with Gasteiger partial charge in [-0.05, 0) is 129 Å². The number of benzene rings is 3. The molecule has 2 aliphatic carbocycles. The average molecular weight is 1230 g/mol. The number of nitrogens with one attached hydrogen (secondary N) is 3. The van der Waals surface area contributed by atoms with Gasteiger partial charge in [-0.25, -0.2) is 19.3 Å². The van der Waals surface area contributed by atoms with Crippen LogP contribution >= 0.6 is 0 Å². The van der Waals surface area contributed by atoms with Crippen molar-refractivity contribution in [3.05, 3.63) is 90.5 Å². The molecule has 9 rings (SSSR count). The third-order valence-corrected chi connectivity index (χ3v) is 22.8. The maximum absolute atomic E-state index is 15.1. The zero-order valence-electron chi connectivity index (χ0n) is 52.6. The summed E-state index contributed by atoms with van der Waals surface area (Å²) >= 11 is 0. The number of fused-ring (bicyclic) bond motifs is 4. The van der Waals surface area contributed by atoms with E-state index in [0.29, 0.717) is 90.8 Å². The lowest BCUT2D eigenvalue weighted by Gasteiger charge is -2.44. The zero-order valence-corrected chi connectivity index (χ0v) is 53.6. The van der Waals surface area contributed by atoms with Gasteiger partial charge in [-0.2, -0.15) is 0 Å². The molecule has 3 N–H and O–H groups in total. The van der Waals surface area contributed by atoms with Gasteiger partial charge in [-0.3, -0.25) is 24.1 Å². The van der Waals surface area contributed by atoms with E-state index in [4.69, 9.17) is 37.6 Å². The first-order valence-electron chi connectivity index (χ1n) is 30.6. The fraction of sp³-hybridized carbons (Fsp3) is 0.554. The molecule has 0 radical (unpaired) electrons. The normalized spacial score (nSPS) is 20.1. The number of amides is 7. The number of hydrogen-bond donors (Lipinski definition) is 3. The van der Waals surface area contributed by atoms with E-state index in [1.54, 1.807) is 62.4 Å². The molecule has 0 unspecified atom stereocenters. The summed E-state index contributed by atoms with van der Waals surface area (Å²) in [5.41, 5.74) is 2.35. The standard InChI is InChI=1S/C65H87N7O15Si/c1-13-26-84-60(77)68-54(40(3)4)56(74)66-41(5)55(73)67-43-20-18-42(19-21-43)37-86-62(79)72-48-33-53(51(81-10)31-46(48)58(76)71-39-65(24-25-65)35-49(71)59(72)87-88(11,12)63(6,7)8)83-29-17-15-16-28-82-52-32-47-45(30-50(52)80-9)57(75)70-38-64(22-23-64)34-44(70)36-69(47)61(78)85-27-14-2/h13-14,18-21,30-33,40-41,44,49,54,59H,1-2,15-17,22-29,34-39H2,3-12H3,(H,66,74)(H,67,73)(H,68,77)/t41-,44-,49-,54-,59-/m0/s1. The Hall–Kier alpha value is -7.79. The minimum atomic E-state index is -2.69. The highest BCUT2D eigenvalue weighted by Crippen LogP contribution is 2.59. The number of anilines is 3. The van der Waals surface area contributed by atoms with Gasteiger partial charge >= 0.3 is 18.3 Å². The highest BCUT2D eigenvalue weighted by Gasteiger charge is 2.60. The quantitative estimate of drug-likeness (QED) is 0.0327. The number of hydrogen-bond acceptors (Lipinski definition) is 15. The third-order valence-electron chi connectivity index (χ3n) is 18.3. The van der Waals surface area contributed by atoms with Gasteiger partial charge in [0.25, 0.3) is 11.8 Å². The van der Waals surface area contributed by atoms with Gasteiger partial charge in [-0.15, -0.1) is 0 Å². The Balaban J connectivity index is 0.887. The molecule has 2 spiro atoms. The molecular formula is C65H87N7O15Si. The number of ether oxygens (including phenoxy) is 7. The minimum Gasteiger partial charge on any atom is -0.493 e. The Morgan fingerprint density at radius 3 is 1.85 bits per heavy atom. The SMILES string of the molecule is C=CCOC(=O)N[C@H](C(=O)N[C@@H](C)C(=O)Nc1ccc(COC(=O)N2c3cc(OCCCCCOc4cc5c(cc4OC)C(=O)N4CC6(CC6)C[C@H]4CN5C(=O)OCC=C)c(OC)cc3C(=O)N3CC4(CC4)C[C@H]3[C@@H]2O[Si](C)(C)C(C)(C)C)cc1)C(C)C. The number of unbranched alkanes of at least 4 members (excludes halogenated alkanes) is 2.